The van der Waals surface area contributed by atoms with Gasteiger partial charge in [-0.05, 0) is 24.9 Å². The fraction of sp³-hybridized carbons (Fsp3) is 0.353. The molecule has 0 saturated heterocycles. The fourth-order valence-electron chi connectivity index (χ4n) is 2.12. The first-order chi connectivity index (χ1) is 11.6. The number of aromatic nitrogens is 1. The molecule has 0 aliphatic rings. The number of carbonyl (C=O) groups excluding carboxylic acids is 2. The molecule has 6 nitrogen and oxygen atoms in total. The Balaban J connectivity index is 1.98. The van der Waals surface area contributed by atoms with E-state index >= 15 is 0 Å². The van der Waals surface area contributed by atoms with Crippen LogP contribution in [0.1, 0.15) is 45.0 Å². The molecule has 1 atom stereocenters. The topological polar surface area (TPSA) is 108 Å². The van der Waals surface area contributed by atoms with E-state index in [1.165, 1.54) is 0 Å². The number of unbranched alkanes of at least 4 members (excludes halogenated alkanes) is 1. The minimum Gasteiger partial charge on any atom is -0.456 e. The van der Waals surface area contributed by atoms with Gasteiger partial charge < -0.3 is 16.2 Å². The Morgan fingerprint density at radius 2 is 2.00 bits per heavy atom. The van der Waals surface area contributed by atoms with Crippen molar-refractivity contribution in [1.29, 1.82) is 0 Å². The lowest BCUT2D eigenvalue weighted by Gasteiger charge is -2.10. The zero-order valence-corrected chi connectivity index (χ0v) is 14.1. The molecule has 127 valence electrons. The van der Waals surface area contributed by atoms with Crippen molar-refractivity contribution in [2.24, 2.45) is 11.5 Å². The van der Waals surface area contributed by atoms with E-state index in [4.69, 9.17) is 16.2 Å². The van der Waals surface area contributed by atoms with Gasteiger partial charge in [-0.2, -0.15) is 0 Å². The molecule has 1 radical (unpaired) electrons. The lowest BCUT2D eigenvalue weighted by atomic mass is 10.0. The van der Waals surface area contributed by atoms with E-state index in [0.29, 0.717) is 13.0 Å². The van der Waals surface area contributed by atoms with Crippen LogP contribution in [0.5, 0.6) is 0 Å². The highest BCUT2D eigenvalue weighted by atomic mass is 32.1. The summed E-state index contributed by atoms with van der Waals surface area (Å²) in [5.74, 6) is -0.953. The maximum atomic E-state index is 12.4. The number of carbonyl (C=O) groups is 2. The van der Waals surface area contributed by atoms with Gasteiger partial charge in [-0.1, -0.05) is 36.8 Å². The summed E-state index contributed by atoms with van der Waals surface area (Å²) >= 11 is 0.984. The molecule has 0 saturated carbocycles. The molecule has 0 aliphatic carbocycles. The molecule has 0 fully saturated rings. The minimum absolute atomic E-state index is 0.0183. The van der Waals surface area contributed by atoms with Crippen molar-refractivity contribution in [2.75, 3.05) is 6.54 Å². The second-order valence-corrected chi connectivity index (χ2v) is 6.09. The molecule has 0 spiro atoms. The maximum Gasteiger partial charge on any atom is 0.358 e. The Morgan fingerprint density at radius 3 is 2.71 bits per heavy atom. The standard InChI is InChI=1S/C17H20N3O3S/c18-9-5-4-8-13(19)15(21)16-14(20-11-24-16)17(22)23-10-12-6-2-1-3-7-12/h1-3,6-7,13H,4-5,8-10,18-19H2/t13-/m0/s1. The van der Waals surface area contributed by atoms with Crippen molar-refractivity contribution < 1.29 is 14.3 Å². The highest BCUT2D eigenvalue weighted by Gasteiger charge is 2.25. The van der Waals surface area contributed by atoms with Gasteiger partial charge in [-0.3, -0.25) is 4.79 Å². The van der Waals surface area contributed by atoms with Crippen LogP contribution < -0.4 is 11.5 Å². The van der Waals surface area contributed by atoms with Crippen LogP contribution >= 0.6 is 11.3 Å². The zero-order chi connectivity index (χ0) is 17.4. The normalized spacial score (nSPS) is 11.9. The average Bonchev–Trinajstić information content (AvgIpc) is 3.09. The van der Waals surface area contributed by atoms with Gasteiger partial charge in [0.05, 0.1) is 6.04 Å². The monoisotopic (exact) mass is 346 g/mol. The van der Waals surface area contributed by atoms with Gasteiger partial charge in [-0.15, -0.1) is 11.3 Å². The third-order valence-electron chi connectivity index (χ3n) is 3.46. The smallest absolute Gasteiger partial charge is 0.358 e. The van der Waals surface area contributed by atoms with Crippen LogP contribution in [0.4, 0.5) is 0 Å². The number of rotatable bonds is 9. The molecule has 2 rings (SSSR count). The molecule has 0 amide bonds. The van der Waals surface area contributed by atoms with E-state index in [0.717, 1.165) is 29.7 Å². The van der Waals surface area contributed by atoms with Crippen molar-refractivity contribution >= 4 is 23.1 Å². The highest BCUT2D eigenvalue weighted by molar-refractivity contribution is 7.11. The van der Waals surface area contributed by atoms with E-state index < -0.39 is 12.0 Å². The van der Waals surface area contributed by atoms with Gasteiger partial charge >= 0.3 is 5.97 Å². The molecule has 7 heteroatoms. The van der Waals surface area contributed by atoms with Crippen LogP contribution in [0.15, 0.2) is 30.3 Å². The predicted octanol–water partition coefficient (Wildman–Crippen LogP) is 1.94. The fourth-order valence-corrected chi connectivity index (χ4v) is 2.82. The van der Waals surface area contributed by atoms with Crippen LogP contribution in [0, 0.1) is 5.51 Å². The van der Waals surface area contributed by atoms with Crippen molar-refractivity contribution in [3.63, 3.8) is 0 Å². The predicted molar refractivity (Wildman–Crippen MR) is 91.7 cm³/mol. The lowest BCUT2D eigenvalue weighted by molar-refractivity contribution is 0.0463. The number of Topliss-reactive ketones (excluding diaryl/α,β-unsaturated/α-hetero) is 1. The molecule has 1 heterocycles. The maximum absolute atomic E-state index is 12.4. The van der Waals surface area contributed by atoms with Gasteiger partial charge in [0.25, 0.3) is 0 Å². The largest absolute Gasteiger partial charge is 0.456 e. The van der Waals surface area contributed by atoms with Gasteiger partial charge in [0, 0.05) is 0 Å². The third kappa shape index (κ3) is 4.95. The third-order valence-corrected chi connectivity index (χ3v) is 4.24. The molecule has 0 bridgehead atoms. The summed E-state index contributed by atoms with van der Waals surface area (Å²) in [4.78, 5) is 28.6. The van der Waals surface area contributed by atoms with E-state index in [1.54, 1.807) is 0 Å². The number of hydrogen-bond acceptors (Lipinski definition) is 7. The second-order valence-electron chi connectivity index (χ2n) is 5.30. The zero-order valence-electron chi connectivity index (χ0n) is 13.2. The van der Waals surface area contributed by atoms with Crippen LogP contribution in [-0.4, -0.2) is 29.3 Å². The number of ketones is 1. The number of thiazole rings is 1. The Hall–Kier alpha value is -2.09. The summed E-state index contributed by atoms with van der Waals surface area (Å²) in [5.41, 5.74) is 14.8. The van der Waals surface area contributed by atoms with Gasteiger partial charge in [0.1, 0.15) is 11.5 Å². The molecule has 0 aliphatic heterocycles. The van der Waals surface area contributed by atoms with Gasteiger partial charge in [0.2, 0.25) is 0 Å². The summed E-state index contributed by atoms with van der Waals surface area (Å²) in [6.07, 6.45) is 2.09. The van der Waals surface area contributed by atoms with E-state index in [2.05, 4.69) is 10.5 Å². The summed E-state index contributed by atoms with van der Waals surface area (Å²) < 4.78 is 5.22. The Kier molecular flexibility index (Phi) is 7.05. The van der Waals surface area contributed by atoms with Crippen molar-refractivity contribution in [2.45, 2.75) is 31.9 Å². The second kappa shape index (κ2) is 9.27. The molecule has 1 aromatic heterocycles. The number of nitrogens with zero attached hydrogens (tertiary/aromatic N) is 1. The molecule has 4 N–H and O–H groups in total. The molecule has 24 heavy (non-hydrogen) atoms. The molecule has 0 unspecified atom stereocenters. The molecule has 2 aromatic rings. The number of benzene rings is 1. The lowest BCUT2D eigenvalue weighted by Crippen LogP contribution is -2.31. The summed E-state index contributed by atoms with van der Waals surface area (Å²) in [6, 6.07) is 8.61. The van der Waals surface area contributed by atoms with Crippen molar-refractivity contribution in [1.82, 2.24) is 4.98 Å². The summed E-state index contributed by atoms with van der Waals surface area (Å²) in [6.45, 7) is 0.680. The Bertz CT molecular complexity index is 673. The van der Waals surface area contributed by atoms with Crippen LogP contribution in [0.25, 0.3) is 0 Å². The SMILES string of the molecule is NCCCC[C@H](N)C(=O)c1s[c]nc1C(=O)OCc1ccccc1. The van der Waals surface area contributed by atoms with Crippen LogP contribution in [0.2, 0.25) is 0 Å². The first-order valence-corrected chi connectivity index (χ1v) is 8.53. The van der Waals surface area contributed by atoms with Crippen molar-refractivity contribution in [3.8, 4) is 0 Å². The van der Waals surface area contributed by atoms with Crippen LogP contribution in [-0.2, 0) is 11.3 Å². The summed E-state index contributed by atoms with van der Waals surface area (Å²) in [5, 5.41) is 0. The van der Waals surface area contributed by atoms with Gasteiger partial charge in [0.15, 0.2) is 17.0 Å². The minimum atomic E-state index is -0.675. The van der Waals surface area contributed by atoms with Gasteiger partial charge in [-0.25, -0.2) is 9.78 Å². The van der Waals surface area contributed by atoms with Crippen LogP contribution in [0.3, 0.4) is 0 Å². The number of hydrogen-bond donors (Lipinski definition) is 2. The van der Waals surface area contributed by atoms with Crippen molar-refractivity contribution in [3.05, 3.63) is 52.0 Å². The first-order valence-electron chi connectivity index (χ1n) is 7.71. The average molecular weight is 346 g/mol. The quantitative estimate of drug-likeness (QED) is 0.408. The number of esters is 1. The number of ether oxygens (including phenoxy) is 1. The molecular weight excluding hydrogens is 326 g/mol. The Labute approximate surface area is 144 Å². The van der Waals surface area contributed by atoms with E-state index in [-0.39, 0.29) is 23.0 Å². The summed E-state index contributed by atoms with van der Waals surface area (Å²) in [7, 11) is 0. The van der Waals surface area contributed by atoms with E-state index in [1.807, 2.05) is 30.3 Å². The molecular formula is C17H20N3O3S. The highest BCUT2D eigenvalue weighted by Crippen LogP contribution is 2.18. The Morgan fingerprint density at radius 1 is 1.25 bits per heavy atom. The number of nitrogens with two attached hydrogens (primary N) is 2. The molecule has 1 aromatic carbocycles. The first kappa shape index (κ1) is 18.3. The van der Waals surface area contributed by atoms with E-state index in [9.17, 15) is 9.59 Å².